The van der Waals surface area contributed by atoms with E-state index in [1.165, 1.54) is 6.92 Å². The maximum absolute atomic E-state index is 12.6. The number of amides is 3. The molecule has 132 valence electrons. The van der Waals surface area contributed by atoms with Crippen molar-refractivity contribution in [1.29, 1.82) is 0 Å². The summed E-state index contributed by atoms with van der Waals surface area (Å²) in [5, 5.41) is 2.72. The van der Waals surface area contributed by atoms with Crippen LogP contribution in [0.15, 0.2) is 42.5 Å². The van der Waals surface area contributed by atoms with Crippen molar-refractivity contribution in [3.8, 4) is 11.5 Å². The Balaban J connectivity index is 1.52. The van der Waals surface area contributed by atoms with Gasteiger partial charge in [-0.25, -0.2) is 0 Å². The van der Waals surface area contributed by atoms with E-state index in [2.05, 4.69) is 5.32 Å². The molecular weight excluding hydrogens is 336 g/mol. The van der Waals surface area contributed by atoms with Gasteiger partial charge in [-0.3, -0.25) is 19.3 Å². The number of anilines is 1. The van der Waals surface area contributed by atoms with Crippen LogP contribution in [0.5, 0.6) is 11.5 Å². The Morgan fingerprint density at radius 3 is 2.27 bits per heavy atom. The normalized spacial score (nSPS) is 16.3. The molecule has 4 rings (SSSR count). The summed E-state index contributed by atoms with van der Waals surface area (Å²) in [6.07, 6.45) is 0. The van der Waals surface area contributed by atoms with Crippen molar-refractivity contribution in [2.45, 2.75) is 13.0 Å². The third-order valence-corrected chi connectivity index (χ3v) is 4.40. The quantitative estimate of drug-likeness (QED) is 0.855. The van der Waals surface area contributed by atoms with Crippen LogP contribution in [0.4, 0.5) is 5.69 Å². The maximum Gasteiger partial charge on any atom is 0.262 e. The number of nitrogens with one attached hydrogen (secondary N) is 1. The van der Waals surface area contributed by atoms with Crippen molar-refractivity contribution in [3.63, 3.8) is 0 Å². The average Bonchev–Trinajstić information content (AvgIpc) is 2.92. The molecule has 0 bridgehead atoms. The average molecular weight is 352 g/mol. The minimum absolute atomic E-state index is 0.316. The van der Waals surface area contributed by atoms with Gasteiger partial charge in [0.25, 0.3) is 11.8 Å². The SMILES string of the molecule is CC(C(=O)Nc1ccc2c(c1)OCCO2)N1C(=O)c2ccccc2C1=O. The summed E-state index contributed by atoms with van der Waals surface area (Å²) < 4.78 is 10.9. The largest absolute Gasteiger partial charge is 0.486 e. The first kappa shape index (κ1) is 16.1. The molecule has 26 heavy (non-hydrogen) atoms. The first-order valence-electron chi connectivity index (χ1n) is 8.23. The first-order chi connectivity index (χ1) is 12.6. The second-order valence-electron chi connectivity index (χ2n) is 6.05. The molecule has 1 atom stereocenters. The van der Waals surface area contributed by atoms with Crippen molar-refractivity contribution in [2.24, 2.45) is 0 Å². The van der Waals surface area contributed by atoms with Crippen molar-refractivity contribution < 1.29 is 23.9 Å². The molecule has 7 heteroatoms. The summed E-state index contributed by atoms with van der Waals surface area (Å²) in [4.78, 5) is 38.5. The van der Waals surface area contributed by atoms with Crippen LogP contribution in [0.3, 0.4) is 0 Å². The molecule has 3 amide bonds. The Morgan fingerprint density at radius 2 is 1.62 bits per heavy atom. The molecule has 0 spiro atoms. The predicted octanol–water partition coefficient (Wildman–Crippen LogP) is 2.08. The van der Waals surface area contributed by atoms with Crippen LogP contribution in [0.1, 0.15) is 27.6 Å². The highest BCUT2D eigenvalue weighted by Gasteiger charge is 2.40. The molecule has 0 aliphatic carbocycles. The van der Waals surface area contributed by atoms with Gasteiger partial charge >= 0.3 is 0 Å². The molecular formula is C19H16N2O5. The zero-order valence-electron chi connectivity index (χ0n) is 14.0. The number of rotatable bonds is 3. The fourth-order valence-corrected chi connectivity index (χ4v) is 3.04. The van der Waals surface area contributed by atoms with Crippen molar-refractivity contribution >= 4 is 23.4 Å². The first-order valence-corrected chi connectivity index (χ1v) is 8.23. The lowest BCUT2D eigenvalue weighted by molar-refractivity contribution is -0.119. The molecule has 0 saturated carbocycles. The van der Waals surface area contributed by atoms with Crippen molar-refractivity contribution in [3.05, 3.63) is 53.6 Å². The van der Waals surface area contributed by atoms with E-state index >= 15 is 0 Å². The second-order valence-corrected chi connectivity index (χ2v) is 6.05. The summed E-state index contributed by atoms with van der Waals surface area (Å²) in [5.74, 6) is -0.230. The fourth-order valence-electron chi connectivity index (χ4n) is 3.04. The molecule has 2 aromatic carbocycles. The third kappa shape index (κ3) is 2.57. The van der Waals surface area contributed by atoms with Gasteiger partial charge in [-0.05, 0) is 31.2 Å². The molecule has 2 aromatic rings. The Hall–Kier alpha value is -3.35. The number of fused-ring (bicyclic) bond motifs is 2. The molecule has 2 heterocycles. The van der Waals surface area contributed by atoms with E-state index in [4.69, 9.17) is 9.47 Å². The van der Waals surface area contributed by atoms with Crippen LogP contribution in [-0.4, -0.2) is 41.9 Å². The Bertz CT molecular complexity index is 889. The van der Waals surface area contributed by atoms with Crippen LogP contribution in [0, 0.1) is 0 Å². The molecule has 0 aromatic heterocycles. The van der Waals surface area contributed by atoms with Crippen LogP contribution in [0.25, 0.3) is 0 Å². The summed E-state index contributed by atoms with van der Waals surface area (Å²) in [5.41, 5.74) is 1.13. The predicted molar refractivity (Wildman–Crippen MR) is 92.5 cm³/mol. The monoisotopic (exact) mass is 352 g/mol. The van der Waals surface area contributed by atoms with E-state index in [1.54, 1.807) is 42.5 Å². The molecule has 2 aliphatic rings. The van der Waals surface area contributed by atoms with E-state index in [-0.39, 0.29) is 0 Å². The number of hydrogen-bond acceptors (Lipinski definition) is 5. The minimum atomic E-state index is -0.949. The standard InChI is InChI=1S/C19H16N2O5/c1-11(21-18(23)13-4-2-3-5-14(13)19(21)24)17(22)20-12-6-7-15-16(10-12)26-9-8-25-15/h2-7,10-11H,8-9H2,1H3,(H,20,22). The highest BCUT2D eigenvalue weighted by molar-refractivity contribution is 6.23. The van der Waals surface area contributed by atoms with Gasteiger partial charge in [0.05, 0.1) is 11.1 Å². The van der Waals surface area contributed by atoms with Crippen LogP contribution >= 0.6 is 0 Å². The smallest absolute Gasteiger partial charge is 0.262 e. The number of carbonyl (C=O) groups is 3. The zero-order valence-corrected chi connectivity index (χ0v) is 14.0. The van der Waals surface area contributed by atoms with Crippen LogP contribution in [0.2, 0.25) is 0 Å². The molecule has 0 saturated heterocycles. The van der Waals surface area contributed by atoms with Gasteiger partial charge in [-0.2, -0.15) is 0 Å². The summed E-state index contributed by atoms with van der Waals surface area (Å²) in [7, 11) is 0. The molecule has 2 aliphatic heterocycles. The number of imide groups is 1. The Labute approximate surface area is 149 Å². The van der Waals surface area contributed by atoms with Crippen molar-refractivity contribution in [1.82, 2.24) is 4.90 Å². The molecule has 7 nitrogen and oxygen atoms in total. The van der Waals surface area contributed by atoms with E-state index in [9.17, 15) is 14.4 Å². The van der Waals surface area contributed by atoms with E-state index in [1.807, 2.05) is 0 Å². The highest BCUT2D eigenvalue weighted by atomic mass is 16.6. The van der Waals surface area contributed by atoms with Gasteiger partial charge in [-0.15, -0.1) is 0 Å². The number of benzene rings is 2. The lowest BCUT2D eigenvalue weighted by atomic mass is 10.1. The van der Waals surface area contributed by atoms with Gasteiger partial charge in [0.15, 0.2) is 11.5 Å². The van der Waals surface area contributed by atoms with Crippen LogP contribution in [-0.2, 0) is 4.79 Å². The summed E-state index contributed by atoms with van der Waals surface area (Å²) in [6, 6.07) is 10.6. The van der Waals surface area contributed by atoms with Gasteiger partial charge in [0.1, 0.15) is 19.3 Å². The third-order valence-electron chi connectivity index (χ3n) is 4.40. The zero-order chi connectivity index (χ0) is 18.3. The lowest BCUT2D eigenvalue weighted by Gasteiger charge is -2.22. The van der Waals surface area contributed by atoms with E-state index in [0.717, 1.165) is 4.90 Å². The Kier molecular flexibility index (Phi) is 3.84. The van der Waals surface area contributed by atoms with Gasteiger partial charge in [-0.1, -0.05) is 12.1 Å². The van der Waals surface area contributed by atoms with Crippen LogP contribution < -0.4 is 14.8 Å². The number of carbonyl (C=O) groups excluding carboxylic acids is 3. The summed E-state index contributed by atoms with van der Waals surface area (Å²) in [6.45, 7) is 2.44. The molecule has 1 unspecified atom stereocenters. The molecule has 0 fully saturated rings. The summed E-state index contributed by atoms with van der Waals surface area (Å²) >= 11 is 0. The second kappa shape index (κ2) is 6.18. The number of hydrogen-bond donors (Lipinski definition) is 1. The highest BCUT2D eigenvalue weighted by Crippen LogP contribution is 2.33. The van der Waals surface area contributed by atoms with Gasteiger partial charge in [0, 0.05) is 11.8 Å². The number of ether oxygens (including phenoxy) is 2. The topological polar surface area (TPSA) is 84.9 Å². The molecule has 0 radical (unpaired) electrons. The maximum atomic E-state index is 12.6. The number of nitrogens with zero attached hydrogens (tertiary/aromatic N) is 1. The van der Waals surface area contributed by atoms with Crippen molar-refractivity contribution in [2.75, 3.05) is 18.5 Å². The minimum Gasteiger partial charge on any atom is -0.486 e. The van der Waals surface area contributed by atoms with Gasteiger partial charge < -0.3 is 14.8 Å². The fraction of sp³-hybridized carbons (Fsp3) is 0.211. The van der Waals surface area contributed by atoms with E-state index in [0.29, 0.717) is 41.5 Å². The van der Waals surface area contributed by atoms with E-state index < -0.39 is 23.8 Å². The molecule has 1 N–H and O–H groups in total. The lowest BCUT2D eigenvalue weighted by Crippen LogP contribution is -2.45. The Morgan fingerprint density at radius 1 is 1.00 bits per heavy atom. The van der Waals surface area contributed by atoms with Gasteiger partial charge in [0.2, 0.25) is 5.91 Å².